The number of aryl methyl sites for hydroxylation is 1. The molecule has 1 heterocycles. The second kappa shape index (κ2) is 9.53. The van der Waals surface area contributed by atoms with E-state index in [2.05, 4.69) is 10.4 Å². The topological polar surface area (TPSA) is 67.2 Å². The van der Waals surface area contributed by atoms with Crippen molar-refractivity contribution >= 4 is 17.3 Å². The molecule has 0 aliphatic carbocycles. The number of carbonyl (C=O) groups is 1. The maximum Gasteiger partial charge on any atom is 0.280 e. The summed E-state index contributed by atoms with van der Waals surface area (Å²) in [7, 11) is 3.91. The number of carbonyl (C=O) groups excluding carboxylic acids is 1. The molecule has 0 unspecified atom stereocenters. The molecule has 0 spiro atoms. The lowest BCUT2D eigenvalue weighted by atomic mass is 9.95. The van der Waals surface area contributed by atoms with Crippen molar-refractivity contribution in [1.29, 1.82) is 0 Å². The van der Waals surface area contributed by atoms with E-state index in [4.69, 9.17) is 0 Å². The SMILES string of the molecule is CCn1nc(-c2ccccc2)c(-c2ccccc2)c(C(=O)Nc2ccc(N(C)C)cc2)c1=O. The van der Waals surface area contributed by atoms with Crippen molar-refractivity contribution in [2.75, 3.05) is 24.3 Å². The molecule has 6 heteroatoms. The second-order valence-electron chi connectivity index (χ2n) is 7.85. The number of anilines is 2. The van der Waals surface area contributed by atoms with Crippen molar-refractivity contribution in [1.82, 2.24) is 9.78 Å². The smallest absolute Gasteiger partial charge is 0.280 e. The quantitative estimate of drug-likeness (QED) is 0.464. The Bertz CT molecular complexity index is 1310. The molecule has 1 aromatic heterocycles. The summed E-state index contributed by atoms with van der Waals surface area (Å²) in [6.07, 6.45) is 0. The molecule has 166 valence electrons. The van der Waals surface area contributed by atoms with Gasteiger partial charge in [0.2, 0.25) is 0 Å². The lowest BCUT2D eigenvalue weighted by molar-refractivity contribution is 0.102. The van der Waals surface area contributed by atoms with Gasteiger partial charge in [-0.05, 0) is 36.8 Å². The number of nitrogens with zero attached hydrogens (tertiary/aromatic N) is 3. The van der Waals surface area contributed by atoms with Crippen LogP contribution in [0.5, 0.6) is 0 Å². The van der Waals surface area contributed by atoms with E-state index in [9.17, 15) is 9.59 Å². The molecule has 0 fully saturated rings. The zero-order valence-electron chi connectivity index (χ0n) is 18.9. The number of nitrogens with one attached hydrogen (secondary N) is 1. The Morgan fingerprint density at radius 1 is 0.879 bits per heavy atom. The van der Waals surface area contributed by atoms with Gasteiger partial charge in [-0.3, -0.25) is 9.59 Å². The molecule has 0 saturated heterocycles. The highest BCUT2D eigenvalue weighted by Gasteiger charge is 2.25. The largest absolute Gasteiger partial charge is 0.378 e. The Balaban J connectivity index is 1.90. The highest BCUT2D eigenvalue weighted by Crippen LogP contribution is 2.32. The predicted molar refractivity (Wildman–Crippen MR) is 134 cm³/mol. The highest BCUT2D eigenvalue weighted by molar-refractivity contribution is 6.10. The van der Waals surface area contributed by atoms with Crippen LogP contribution in [-0.2, 0) is 6.54 Å². The van der Waals surface area contributed by atoms with Crippen LogP contribution in [0.3, 0.4) is 0 Å². The van der Waals surface area contributed by atoms with Crippen LogP contribution in [0.2, 0.25) is 0 Å². The fourth-order valence-electron chi connectivity index (χ4n) is 3.72. The molecule has 4 rings (SSSR count). The van der Waals surface area contributed by atoms with Crippen molar-refractivity contribution < 1.29 is 4.79 Å². The summed E-state index contributed by atoms with van der Waals surface area (Å²) in [6.45, 7) is 2.19. The average Bonchev–Trinajstić information content (AvgIpc) is 2.85. The molecule has 0 aliphatic heterocycles. The Hall–Kier alpha value is -4.19. The zero-order chi connectivity index (χ0) is 23.4. The first-order valence-corrected chi connectivity index (χ1v) is 10.8. The monoisotopic (exact) mass is 438 g/mol. The average molecular weight is 439 g/mol. The molecule has 0 aliphatic rings. The molecule has 4 aromatic rings. The summed E-state index contributed by atoms with van der Waals surface area (Å²) in [6, 6.07) is 26.6. The number of amides is 1. The minimum Gasteiger partial charge on any atom is -0.378 e. The van der Waals surface area contributed by atoms with Gasteiger partial charge < -0.3 is 10.2 Å². The van der Waals surface area contributed by atoms with Crippen LogP contribution in [0.15, 0.2) is 89.7 Å². The minimum atomic E-state index is -0.460. The van der Waals surface area contributed by atoms with Gasteiger partial charge in [0.25, 0.3) is 11.5 Å². The van der Waals surface area contributed by atoms with E-state index in [1.54, 1.807) is 0 Å². The van der Waals surface area contributed by atoms with Gasteiger partial charge in [-0.25, -0.2) is 4.68 Å². The molecule has 0 saturated carbocycles. The van der Waals surface area contributed by atoms with E-state index < -0.39 is 11.5 Å². The molecule has 0 radical (unpaired) electrons. The first-order chi connectivity index (χ1) is 16.0. The Kier molecular flexibility index (Phi) is 6.36. The van der Waals surface area contributed by atoms with Crippen LogP contribution >= 0.6 is 0 Å². The van der Waals surface area contributed by atoms with Gasteiger partial charge in [0, 0.05) is 43.1 Å². The summed E-state index contributed by atoms with van der Waals surface area (Å²) in [4.78, 5) is 28.9. The van der Waals surface area contributed by atoms with Crippen molar-refractivity contribution in [3.05, 3.63) is 101 Å². The summed E-state index contributed by atoms with van der Waals surface area (Å²) in [5, 5.41) is 7.54. The molecule has 6 nitrogen and oxygen atoms in total. The third kappa shape index (κ3) is 4.55. The molecule has 3 aromatic carbocycles. The molecule has 33 heavy (non-hydrogen) atoms. The fourth-order valence-corrected chi connectivity index (χ4v) is 3.72. The van der Waals surface area contributed by atoms with Gasteiger partial charge in [0.1, 0.15) is 5.56 Å². The van der Waals surface area contributed by atoms with Gasteiger partial charge in [0.05, 0.1) is 5.69 Å². The van der Waals surface area contributed by atoms with Crippen molar-refractivity contribution in [3.8, 4) is 22.4 Å². The van der Waals surface area contributed by atoms with Crippen LogP contribution in [0, 0.1) is 0 Å². The number of hydrogen-bond donors (Lipinski definition) is 1. The van der Waals surface area contributed by atoms with E-state index in [0.29, 0.717) is 23.5 Å². The van der Waals surface area contributed by atoms with Gasteiger partial charge in [-0.15, -0.1) is 0 Å². The maximum absolute atomic E-state index is 13.5. The molecular weight excluding hydrogens is 412 g/mol. The number of aromatic nitrogens is 2. The van der Waals surface area contributed by atoms with Crippen molar-refractivity contribution in [2.45, 2.75) is 13.5 Å². The third-order valence-electron chi connectivity index (χ3n) is 5.43. The highest BCUT2D eigenvalue weighted by atomic mass is 16.2. The van der Waals surface area contributed by atoms with Gasteiger partial charge in [0.15, 0.2) is 0 Å². The number of benzene rings is 3. The minimum absolute atomic E-state index is 0.0774. The van der Waals surface area contributed by atoms with Gasteiger partial charge >= 0.3 is 0 Å². The second-order valence-corrected chi connectivity index (χ2v) is 7.85. The van der Waals surface area contributed by atoms with Crippen LogP contribution in [0.25, 0.3) is 22.4 Å². The number of rotatable bonds is 6. The van der Waals surface area contributed by atoms with E-state index in [0.717, 1.165) is 16.8 Å². The fraction of sp³-hybridized carbons (Fsp3) is 0.148. The van der Waals surface area contributed by atoms with Gasteiger partial charge in [-0.1, -0.05) is 60.7 Å². The zero-order valence-corrected chi connectivity index (χ0v) is 18.9. The maximum atomic E-state index is 13.5. The van der Waals surface area contributed by atoms with Crippen LogP contribution in [-0.4, -0.2) is 29.8 Å². The summed E-state index contributed by atoms with van der Waals surface area (Å²) < 4.78 is 1.35. The van der Waals surface area contributed by atoms with Crippen LogP contribution in [0.1, 0.15) is 17.3 Å². The summed E-state index contributed by atoms with van der Waals surface area (Å²) in [5.74, 6) is -0.460. The lowest BCUT2D eigenvalue weighted by Gasteiger charge is -2.17. The van der Waals surface area contributed by atoms with Crippen molar-refractivity contribution in [2.24, 2.45) is 0 Å². The molecule has 0 bridgehead atoms. The summed E-state index contributed by atoms with van der Waals surface area (Å²) >= 11 is 0. The number of hydrogen-bond acceptors (Lipinski definition) is 4. The summed E-state index contributed by atoms with van der Waals surface area (Å²) in [5.41, 5.74) is 4.01. The first kappa shape index (κ1) is 22.0. The van der Waals surface area contributed by atoms with Gasteiger partial charge in [-0.2, -0.15) is 5.10 Å². The van der Waals surface area contributed by atoms with E-state index in [-0.39, 0.29) is 5.56 Å². The first-order valence-electron chi connectivity index (χ1n) is 10.8. The molecule has 0 atom stereocenters. The van der Waals surface area contributed by atoms with Crippen molar-refractivity contribution in [3.63, 3.8) is 0 Å². The van der Waals surface area contributed by atoms with E-state index in [1.807, 2.05) is 111 Å². The molecule has 1 N–H and O–H groups in total. The molecular formula is C27H26N4O2. The van der Waals surface area contributed by atoms with E-state index >= 15 is 0 Å². The Morgan fingerprint density at radius 3 is 2.00 bits per heavy atom. The lowest BCUT2D eigenvalue weighted by Crippen LogP contribution is -2.32. The van der Waals surface area contributed by atoms with E-state index in [1.165, 1.54) is 4.68 Å². The Morgan fingerprint density at radius 2 is 1.45 bits per heavy atom. The Labute approximate surface area is 193 Å². The van der Waals surface area contributed by atoms with Crippen LogP contribution < -0.4 is 15.8 Å². The molecule has 1 amide bonds. The van der Waals surface area contributed by atoms with Crippen LogP contribution in [0.4, 0.5) is 11.4 Å². The standard InChI is InChI=1S/C27H26N4O2/c1-4-31-27(33)24(26(32)28-21-15-17-22(18-16-21)30(2)3)23(19-11-7-5-8-12-19)25(29-31)20-13-9-6-10-14-20/h5-18H,4H2,1-3H3,(H,28,32). The normalized spacial score (nSPS) is 10.6. The predicted octanol–water partition coefficient (Wildman–Crippen LogP) is 4.92. The third-order valence-corrected chi connectivity index (χ3v) is 5.43.